The lowest BCUT2D eigenvalue weighted by atomic mass is 9.78. The van der Waals surface area contributed by atoms with Gasteiger partial charge in [0, 0.05) is 25.8 Å². The second-order valence-corrected chi connectivity index (χ2v) is 12.4. The van der Waals surface area contributed by atoms with Gasteiger partial charge in [-0.15, -0.1) is 5.10 Å². The smallest absolute Gasteiger partial charge is 0.161 e. The molecule has 42 heavy (non-hydrogen) atoms. The van der Waals surface area contributed by atoms with Crippen molar-refractivity contribution in [1.82, 2.24) is 20.0 Å². The van der Waals surface area contributed by atoms with E-state index in [1.54, 1.807) is 6.07 Å². The van der Waals surface area contributed by atoms with Crippen molar-refractivity contribution in [2.45, 2.75) is 34.7 Å². The molecule has 0 amide bonds. The van der Waals surface area contributed by atoms with E-state index < -0.39 is 53.1 Å². The van der Waals surface area contributed by atoms with Crippen LogP contribution in [0.1, 0.15) is 11.7 Å². The Kier molecular flexibility index (Phi) is 8.05. The lowest BCUT2D eigenvalue weighted by Crippen LogP contribution is -2.66. The average molecular weight is 641 g/mol. The molecule has 1 aromatic carbocycles. The van der Waals surface area contributed by atoms with Gasteiger partial charge in [0.2, 0.25) is 0 Å². The Labute approximate surface area is 252 Å². The third-order valence-electron chi connectivity index (χ3n) is 7.63. The Morgan fingerprint density at radius 2 is 1.95 bits per heavy atom. The fraction of sp³-hybridized carbons (Fsp3) is 0.462. The molecule has 11 nitrogen and oxygen atoms in total. The number of ether oxygens (including phenoxy) is 3. The molecule has 0 aliphatic carbocycles. The van der Waals surface area contributed by atoms with Crippen molar-refractivity contribution in [1.29, 1.82) is 5.26 Å². The van der Waals surface area contributed by atoms with Crippen LogP contribution >= 0.6 is 35.0 Å². The summed E-state index contributed by atoms with van der Waals surface area (Å²) in [5, 5.41) is 38.5. The van der Waals surface area contributed by atoms with Crippen LogP contribution in [0.2, 0.25) is 10.0 Å². The summed E-state index contributed by atoms with van der Waals surface area (Å²) in [7, 11) is 1.43. The Morgan fingerprint density at radius 1 is 1.24 bits per heavy atom. The summed E-state index contributed by atoms with van der Waals surface area (Å²) in [5.74, 6) is -1.36. The van der Waals surface area contributed by atoms with Gasteiger partial charge in [-0.3, -0.25) is 0 Å². The third kappa shape index (κ3) is 5.11. The number of nitrogens with zero attached hydrogens (tertiary/aromatic N) is 6. The molecule has 3 aliphatic rings. The van der Waals surface area contributed by atoms with Crippen molar-refractivity contribution < 1.29 is 33.2 Å². The molecule has 3 saturated heterocycles. The maximum absolute atomic E-state index is 14.1. The maximum atomic E-state index is 14.1. The molecule has 3 aliphatic heterocycles. The van der Waals surface area contributed by atoms with Crippen LogP contribution < -0.4 is 4.90 Å². The fourth-order valence-corrected chi connectivity index (χ4v) is 7.12. The van der Waals surface area contributed by atoms with Gasteiger partial charge in [-0.05, 0) is 18.2 Å². The van der Waals surface area contributed by atoms with Gasteiger partial charge in [-0.1, -0.05) is 40.2 Å². The fourth-order valence-electron chi connectivity index (χ4n) is 5.43. The van der Waals surface area contributed by atoms with Crippen molar-refractivity contribution in [2.24, 2.45) is 5.41 Å². The van der Waals surface area contributed by atoms with E-state index in [1.807, 2.05) is 11.0 Å². The quantitative estimate of drug-likeness (QED) is 0.368. The monoisotopic (exact) mass is 640 g/mol. The van der Waals surface area contributed by atoms with Gasteiger partial charge in [0.25, 0.3) is 0 Å². The van der Waals surface area contributed by atoms with E-state index in [9.17, 15) is 24.3 Å². The number of anilines is 1. The summed E-state index contributed by atoms with van der Waals surface area (Å²) in [4.78, 5) is 7.17. The lowest BCUT2D eigenvalue weighted by Gasteiger charge is -2.55. The second kappa shape index (κ2) is 11.5. The highest BCUT2D eigenvalue weighted by atomic mass is 35.5. The highest BCUT2D eigenvalue weighted by Crippen LogP contribution is 2.46. The predicted molar refractivity (Wildman–Crippen MR) is 147 cm³/mol. The predicted octanol–water partition coefficient (Wildman–Crippen LogP) is 3.06. The van der Waals surface area contributed by atoms with Gasteiger partial charge >= 0.3 is 0 Å². The number of halogens is 4. The van der Waals surface area contributed by atoms with Crippen molar-refractivity contribution in [2.75, 3.05) is 44.9 Å². The SMILES string of the molecule is COC1[C@@H](Sc2cc(Cl)c(C#N)nc2N2CC3(COC3)C2)OC(CO)[C@H](O)[C@@H]1n1cc(-c2cc(F)c(Cl)c(F)c2)nn1. The van der Waals surface area contributed by atoms with E-state index in [0.29, 0.717) is 37.0 Å². The van der Waals surface area contributed by atoms with Crippen LogP contribution in [-0.4, -0.2) is 94.0 Å². The van der Waals surface area contributed by atoms with Crippen LogP contribution in [0.4, 0.5) is 14.6 Å². The Morgan fingerprint density at radius 3 is 2.55 bits per heavy atom. The molecule has 2 unspecified atom stereocenters. The molecular weight excluding hydrogens is 617 g/mol. The van der Waals surface area contributed by atoms with Crippen LogP contribution in [0, 0.1) is 28.4 Å². The molecule has 5 atom stereocenters. The zero-order valence-corrected chi connectivity index (χ0v) is 24.3. The van der Waals surface area contributed by atoms with Crippen molar-refractivity contribution in [3.05, 3.63) is 51.8 Å². The molecule has 0 saturated carbocycles. The van der Waals surface area contributed by atoms with E-state index >= 15 is 0 Å². The first-order chi connectivity index (χ1) is 20.2. The van der Waals surface area contributed by atoms with E-state index in [4.69, 9.17) is 37.4 Å². The molecule has 1 spiro atoms. The Bertz CT molecular complexity index is 1520. The van der Waals surface area contributed by atoms with Gasteiger partial charge in [0.1, 0.15) is 64.0 Å². The van der Waals surface area contributed by atoms with E-state index in [-0.39, 0.29) is 27.4 Å². The van der Waals surface area contributed by atoms with Crippen molar-refractivity contribution in [3.8, 4) is 17.3 Å². The van der Waals surface area contributed by atoms with Crippen LogP contribution in [-0.2, 0) is 14.2 Å². The number of aromatic nitrogens is 4. The number of methoxy groups -OCH3 is 1. The lowest BCUT2D eigenvalue weighted by molar-refractivity contribution is -0.186. The number of benzene rings is 1. The first kappa shape index (κ1) is 29.5. The van der Waals surface area contributed by atoms with E-state index in [0.717, 1.165) is 12.1 Å². The minimum Gasteiger partial charge on any atom is -0.394 e. The third-order valence-corrected chi connectivity index (χ3v) is 9.45. The summed E-state index contributed by atoms with van der Waals surface area (Å²) in [6.45, 7) is 2.21. The molecular formula is C26H24Cl2F2N6O5S. The molecule has 16 heteroatoms. The normalized spacial score (nSPS) is 26.5. The zero-order chi connectivity index (χ0) is 29.8. The van der Waals surface area contributed by atoms with Crippen molar-refractivity contribution in [3.63, 3.8) is 0 Å². The number of nitriles is 1. The first-order valence-electron chi connectivity index (χ1n) is 12.8. The summed E-state index contributed by atoms with van der Waals surface area (Å²) < 4.78 is 46.8. The number of thioether (sulfide) groups is 1. The number of hydrogen-bond donors (Lipinski definition) is 2. The van der Waals surface area contributed by atoms with Gasteiger partial charge in [0.15, 0.2) is 5.69 Å². The molecule has 3 fully saturated rings. The number of hydrogen-bond acceptors (Lipinski definition) is 11. The minimum atomic E-state index is -1.29. The topological polar surface area (TPSA) is 139 Å². The Hall–Kier alpha value is -2.61. The van der Waals surface area contributed by atoms with Crippen molar-refractivity contribution >= 4 is 40.8 Å². The van der Waals surface area contributed by atoms with Gasteiger partial charge < -0.3 is 29.3 Å². The number of rotatable bonds is 7. The van der Waals surface area contributed by atoms with Gasteiger partial charge in [-0.2, -0.15) is 5.26 Å². The maximum Gasteiger partial charge on any atom is 0.161 e. The second-order valence-electron chi connectivity index (χ2n) is 10.5. The molecule has 0 radical (unpaired) electrons. The number of pyridine rings is 1. The van der Waals surface area contributed by atoms with Gasteiger partial charge in [-0.25, -0.2) is 18.4 Å². The minimum absolute atomic E-state index is 0.0738. The summed E-state index contributed by atoms with van der Waals surface area (Å²) >= 11 is 13.2. The zero-order valence-electron chi connectivity index (χ0n) is 22.0. The molecule has 222 valence electrons. The first-order valence-corrected chi connectivity index (χ1v) is 14.4. The van der Waals surface area contributed by atoms with E-state index in [1.165, 1.54) is 29.8 Å². The largest absolute Gasteiger partial charge is 0.394 e. The molecule has 0 bridgehead atoms. The summed E-state index contributed by atoms with van der Waals surface area (Å²) in [6.07, 6.45) is -1.77. The molecule has 2 N–H and O–H groups in total. The van der Waals surface area contributed by atoms with Crippen LogP contribution in [0.15, 0.2) is 29.3 Å². The highest BCUT2D eigenvalue weighted by Gasteiger charge is 2.51. The highest BCUT2D eigenvalue weighted by molar-refractivity contribution is 8.00. The standard InChI is InChI=1S/C26H24Cl2F2N6O5S/c1-39-23-21(36-6-17(33-34-36)12-2-14(29)20(28)15(30)3-12)22(38)18(7-37)41-25(23)42-19-4-13(27)16(5-31)32-24(19)35-8-26(9-35)10-40-11-26/h2-4,6,18,21-23,25,37-38H,7-11H2,1H3/t18?,21-,22-,23?,25+/m0/s1. The van der Waals surface area contributed by atoms with E-state index in [2.05, 4.69) is 15.3 Å². The Balaban J connectivity index is 1.32. The van der Waals surface area contributed by atoms with Crippen LogP contribution in [0.3, 0.4) is 0 Å². The van der Waals surface area contributed by atoms with Crippen LogP contribution in [0.5, 0.6) is 0 Å². The molecule has 2 aromatic heterocycles. The number of aliphatic hydroxyl groups excluding tert-OH is 2. The van der Waals surface area contributed by atoms with Gasteiger partial charge in [0.05, 0.1) is 41.4 Å². The summed E-state index contributed by atoms with van der Waals surface area (Å²) in [6, 6.07) is 4.79. The molecule has 5 heterocycles. The van der Waals surface area contributed by atoms with Crippen LogP contribution in [0.25, 0.3) is 11.3 Å². The summed E-state index contributed by atoms with van der Waals surface area (Å²) in [5.41, 5.74) is -0.440. The molecule has 3 aromatic rings. The molecule has 6 rings (SSSR count). The average Bonchev–Trinajstić information content (AvgIpc) is 3.41. The number of aliphatic hydroxyl groups is 2.